The molecular weight excluding hydrogens is 316 g/mol. The number of fused-ring (bicyclic) bond motifs is 1. The van der Waals surface area contributed by atoms with Crippen molar-refractivity contribution < 1.29 is 14.6 Å². The number of benzene rings is 1. The van der Waals surface area contributed by atoms with Crippen molar-refractivity contribution in [3.8, 4) is 0 Å². The van der Waals surface area contributed by atoms with Gasteiger partial charge in [0, 0.05) is 31.1 Å². The molecule has 5 nitrogen and oxygen atoms in total. The van der Waals surface area contributed by atoms with Gasteiger partial charge >= 0.3 is 0 Å². The maximum Gasteiger partial charge on any atom is 0.269 e. The first-order valence-corrected chi connectivity index (χ1v) is 8.06. The van der Waals surface area contributed by atoms with Crippen molar-refractivity contribution >= 4 is 28.4 Å². The zero-order chi connectivity index (χ0) is 17.0. The number of ether oxygens (including phenoxy) is 1. The molecule has 0 spiro atoms. The van der Waals surface area contributed by atoms with Gasteiger partial charge < -0.3 is 19.7 Å². The molecule has 0 aliphatic heterocycles. The molecule has 0 saturated carbocycles. The van der Waals surface area contributed by atoms with Crippen molar-refractivity contribution in [1.29, 1.82) is 0 Å². The van der Waals surface area contributed by atoms with Gasteiger partial charge in [0.15, 0.2) is 0 Å². The second-order valence-electron chi connectivity index (χ2n) is 6.03. The van der Waals surface area contributed by atoms with Crippen LogP contribution >= 0.6 is 11.6 Å². The van der Waals surface area contributed by atoms with Gasteiger partial charge in [-0.3, -0.25) is 4.79 Å². The van der Waals surface area contributed by atoms with Crippen molar-refractivity contribution in [2.75, 3.05) is 19.8 Å². The number of aryl methyl sites for hydroxylation is 1. The van der Waals surface area contributed by atoms with Crippen LogP contribution in [0.2, 0.25) is 5.02 Å². The van der Waals surface area contributed by atoms with Gasteiger partial charge in [-0.25, -0.2) is 0 Å². The van der Waals surface area contributed by atoms with E-state index in [9.17, 15) is 9.90 Å². The summed E-state index contributed by atoms with van der Waals surface area (Å²) in [5.41, 5.74) is 1.28. The minimum absolute atomic E-state index is 0.120. The summed E-state index contributed by atoms with van der Waals surface area (Å²) < 4.78 is 7.12. The molecule has 0 fully saturated rings. The highest BCUT2D eigenvalue weighted by molar-refractivity contribution is 6.38. The number of aliphatic hydroxyl groups excluding tert-OH is 1. The van der Waals surface area contributed by atoms with Gasteiger partial charge in [0.25, 0.3) is 5.91 Å². The zero-order valence-electron chi connectivity index (χ0n) is 13.7. The van der Waals surface area contributed by atoms with E-state index in [4.69, 9.17) is 16.3 Å². The third-order valence-corrected chi connectivity index (χ3v) is 3.90. The van der Waals surface area contributed by atoms with Crippen LogP contribution in [0.3, 0.4) is 0 Å². The second kappa shape index (κ2) is 7.81. The van der Waals surface area contributed by atoms with Gasteiger partial charge in [-0.1, -0.05) is 43.6 Å². The average molecular weight is 339 g/mol. The number of amides is 1. The Morgan fingerprint density at radius 1 is 1.35 bits per heavy atom. The highest BCUT2D eigenvalue weighted by atomic mass is 35.5. The van der Waals surface area contributed by atoms with Crippen molar-refractivity contribution in [3.63, 3.8) is 0 Å². The SMILES string of the molecule is CC(C)COCC(O)CNC(=O)c1c(Cl)c2ccccc2n1C. The first kappa shape index (κ1) is 17.8. The van der Waals surface area contributed by atoms with Crippen LogP contribution in [-0.2, 0) is 11.8 Å². The van der Waals surface area contributed by atoms with Crippen LogP contribution in [0, 0.1) is 5.92 Å². The maximum absolute atomic E-state index is 12.4. The molecule has 6 heteroatoms. The molecule has 0 saturated heterocycles. The fourth-order valence-electron chi connectivity index (χ4n) is 2.39. The van der Waals surface area contributed by atoms with E-state index < -0.39 is 6.10 Å². The molecule has 1 atom stereocenters. The van der Waals surface area contributed by atoms with Gasteiger partial charge in [-0.05, 0) is 12.0 Å². The lowest BCUT2D eigenvalue weighted by Crippen LogP contribution is -2.35. The molecule has 0 aliphatic carbocycles. The minimum Gasteiger partial charge on any atom is -0.389 e. The fraction of sp³-hybridized carbons (Fsp3) is 0.471. The number of rotatable bonds is 7. The summed E-state index contributed by atoms with van der Waals surface area (Å²) in [6, 6.07) is 7.57. The smallest absolute Gasteiger partial charge is 0.269 e. The summed E-state index contributed by atoms with van der Waals surface area (Å²) in [6.07, 6.45) is -0.744. The molecular formula is C17H23ClN2O3. The van der Waals surface area contributed by atoms with E-state index in [0.29, 0.717) is 23.2 Å². The van der Waals surface area contributed by atoms with Crippen molar-refractivity contribution in [3.05, 3.63) is 35.0 Å². The first-order valence-electron chi connectivity index (χ1n) is 7.68. The number of nitrogens with zero attached hydrogens (tertiary/aromatic N) is 1. The van der Waals surface area contributed by atoms with Crippen molar-refractivity contribution in [1.82, 2.24) is 9.88 Å². The second-order valence-corrected chi connectivity index (χ2v) is 6.41. The third kappa shape index (κ3) is 4.25. The summed E-state index contributed by atoms with van der Waals surface area (Å²) >= 11 is 6.32. The molecule has 1 unspecified atom stereocenters. The fourth-order valence-corrected chi connectivity index (χ4v) is 2.76. The minimum atomic E-state index is -0.744. The standard InChI is InChI=1S/C17H23ClN2O3/c1-11(2)9-23-10-12(21)8-19-17(22)16-15(18)13-6-4-5-7-14(13)20(16)3/h4-7,11-12,21H,8-10H2,1-3H3,(H,19,22). The third-order valence-electron chi connectivity index (χ3n) is 3.52. The van der Waals surface area contributed by atoms with E-state index in [0.717, 1.165) is 10.9 Å². The molecule has 2 N–H and O–H groups in total. The number of hydrogen-bond donors (Lipinski definition) is 2. The molecule has 126 valence electrons. The van der Waals surface area contributed by atoms with Gasteiger partial charge in [0.2, 0.25) is 0 Å². The number of hydrogen-bond acceptors (Lipinski definition) is 3. The molecule has 23 heavy (non-hydrogen) atoms. The van der Waals surface area contributed by atoms with Crippen LogP contribution in [-0.4, -0.2) is 41.4 Å². The van der Waals surface area contributed by atoms with E-state index in [1.54, 1.807) is 11.6 Å². The Morgan fingerprint density at radius 2 is 2.04 bits per heavy atom. The van der Waals surface area contributed by atoms with E-state index in [1.807, 2.05) is 38.1 Å². The van der Waals surface area contributed by atoms with E-state index in [2.05, 4.69) is 5.32 Å². The number of aromatic nitrogens is 1. The molecule has 1 amide bonds. The number of para-hydroxylation sites is 1. The Balaban J connectivity index is 1.99. The molecule has 0 radical (unpaired) electrons. The summed E-state index contributed by atoms with van der Waals surface area (Å²) in [7, 11) is 1.80. The van der Waals surface area contributed by atoms with Gasteiger partial charge in [-0.2, -0.15) is 0 Å². The molecule has 1 aromatic heterocycles. The monoisotopic (exact) mass is 338 g/mol. The number of halogens is 1. The van der Waals surface area contributed by atoms with E-state index >= 15 is 0 Å². The summed E-state index contributed by atoms with van der Waals surface area (Å²) in [6.45, 7) is 4.97. The van der Waals surface area contributed by atoms with Crippen LogP contribution in [0.5, 0.6) is 0 Å². The number of carbonyl (C=O) groups is 1. The van der Waals surface area contributed by atoms with Crippen LogP contribution < -0.4 is 5.32 Å². The lowest BCUT2D eigenvalue weighted by Gasteiger charge is -2.14. The maximum atomic E-state index is 12.4. The molecule has 1 aromatic carbocycles. The topological polar surface area (TPSA) is 63.5 Å². The van der Waals surface area contributed by atoms with Crippen LogP contribution in [0.15, 0.2) is 24.3 Å². The predicted octanol–water partition coefficient (Wildman–Crippen LogP) is 2.60. The number of nitrogens with one attached hydrogen (secondary N) is 1. The molecule has 2 rings (SSSR count). The Labute approximate surface area is 141 Å². The van der Waals surface area contributed by atoms with Crippen molar-refractivity contribution in [2.24, 2.45) is 13.0 Å². The van der Waals surface area contributed by atoms with Gasteiger partial charge in [-0.15, -0.1) is 0 Å². The van der Waals surface area contributed by atoms with Crippen molar-refractivity contribution in [2.45, 2.75) is 20.0 Å². The first-order chi connectivity index (χ1) is 10.9. The normalized spacial score (nSPS) is 12.8. The van der Waals surface area contributed by atoms with Gasteiger partial charge in [0.05, 0.1) is 17.7 Å². The Bertz CT molecular complexity index is 643. The highest BCUT2D eigenvalue weighted by Gasteiger charge is 2.20. The lowest BCUT2D eigenvalue weighted by atomic mass is 10.2. The van der Waals surface area contributed by atoms with Gasteiger partial charge in [0.1, 0.15) is 5.69 Å². The number of carbonyl (C=O) groups excluding carboxylic acids is 1. The molecule has 0 bridgehead atoms. The molecule has 1 heterocycles. The Hall–Kier alpha value is -1.56. The summed E-state index contributed by atoms with van der Waals surface area (Å²) in [4.78, 5) is 12.4. The van der Waals surface area contributed by atoms with E-state index in [1.165, 1.54) is 0 Å². The molecule has 0 aliphatic rings. The van der Waals surface area contributed by atoms with Crippen LogP contribution in [0.4, 0.5) is 0 Å². The quantitative estimate of drug-likeness (QED) is 0.815. The van der Waals surface area contributed by atoms with E-state index in [-0.39, 0.29) is 19.1 Å². The zero-order valence-corrected chi connectivity index (χ0v) is 14.4. The lowest BCUT2D eigenvalue weighted by molar-refractivity contribution is 0.0258. The average Bonchev–Trinajstić information content (AvgIpc) is 2.77. The highest BCUT2D eigenvalue weighted by Crippen LogP contribution is 2.29. The summed E-state index contributed by atoms with van der Waals surface area (Å²) in [5.74, 6) is 0.100. The van der Waals surface area contributed by atoms with Crippen LogP contribution in [0.1, 0.15) is 24.3 Å². The largest absolute Gasteiger partial charge is 0.389 e. The Morgan fingerprint density at radius 3 is 2.70 bits per heavy atom. The predicted molar refractivity (Wildman–Crippen MR) is 91.9 cm³/mol. The van der Waals surface area contributed by atoms with Crippen LogP contribution in [0.25, 0.3) is 10.9 Å². The Kier molecular flexibility index (Phi) is 6.04. The number of aliphatic hydroxyl groups is 1. The summed E-state index contributed by atoms with van der Waals surface area (Å²) in [5, 5.41) is 13.8. The molecule has 2 aromatic rings.